The van der Waals surface area contributed by atoms with E-state index in [0.717, 1.165) is 4.88 Å². The maximum atomic E-state index is 11.6. The second-order valence-corrected chi connectivity index (χ2v) is 7.90. The highest BCUT2D eigenvalue weighted by molar-refractivity contribution is 7.89. The van der Waals surface area contributed by atoms with Gasteiger partial charge in [0.15, 0.2) is 0 Å². The van der Waals surface area contributed by atoms with Crippen LogP contribution >= 0.6 is 22.7 Å². The van der Waals surface area contributed by atoms with Gasteiger partial charge < -0.3 is 5.11 Å². The zero-order chi connectivity index (χ0) is 13.9. The Labute approximate surface area is 120 Å². The average Bonchev–Trinajstić information content (AvgIpc) is 3.08. The fourth-order valence-corrected chi connectivity index (χ4v) is 3.86. The smallest absolute Gasteiger partial charge is 0.211 e. The van der Waals surface area contributed by atoms with Gasteiger partial charge in [-0.15, -0.1) is 11.3 Å². The van der Waals surface area contributed by atoms with E-state index < -0.39 is 15.6 Å². The zero-order valence-corrected chi connectivity index (χ0v) is 12.8. The third kappa shape index (κ3) is 3.24. The van der Waals surface area contributed by atoms with Gasteiger partial charge in [0.1, 0.15) is 5.60 Å². The summed E-state index contributed by atoms with van der Waals surface area (Å²) in [5.41, 5.74) is -0.602. The molecule has 0 bridgehead atoms. The third-order valence-corrected chi connectivity index (χ3v) is 5.90. The lowest BCUT2D eigenvalue weighted by molar-refractivity contribution is 0.0903. The van der Waals surface area contributed by atoms with E-state index in [9.17, 15) is 13.5 Å². The van der Waals surface area contributed by atoms with Crippen LogP contribution in [0.2, 0.25) is 0 Å². The fourth-order valence-electron chi connectivity index (χ4n) is 1.66. The minimum absolute atomic E-state index is 0.00282. The highest BCUT2D eigenvalue weighted by atomic mass is 32.2. The van der Waals surface area contributed by atoms with E-state index in [2.05, 4.69) is 4.72 Å². The molecule has 2 aromatic heterocycles. The molecule has 1 atom stereocenters. The van der Waals surface area contributed by atoms with E-state index >= 15 is 0 Å². The lowest BCUT2D eigenvalue weighted by atomic mass is 9.95. The van der Waals surface area contributed by atoms with Crippen molar-refractivity contribution in [1.82, 2.24) is 4.72 Å². The van der Waals surface area contributed by atoms with E-state index in [0.29, 0.717) is 5.56 Å². The summed E-state index contributed by atoms with van der Waals surface area (Å²) in [6, 6.07) is 5.46. The number of sulfonamides is 1. The van der Waals surface area contributed by atoms with E-state index in [1.165, 1.54) is 22.7 Å². The van der Waals surface area contributed by atoms with Gasteiger partial charge in [-0.2, -0.15) is 11.3 Å². The van der Waals surface area contributed by atoms with Crippen LogP contribution in [0.1, 0.15) is 17.4 Å². The molecule has 0 aliphatic rings. The van der Waals surface area contributed by atoms with Crippen LogP contribution in [0, 0.1) is 0 Å². The van der Waals surface area contributed by atoms with Crippen molar-refractivity contribution in [2.75, 3.05) is 12.3 Å². The van der Waals surface area contributed by atoms with Gasteiger partial charge in [0.25, 0.3) is 0 Å². The van der Waals surface area contributed by atoms with E-state index in [1.54, 1.807) is 6.92 Å². The summed E-state index contributed by atoms with van der Waals surface area (Å²) in [6.07, 6.45) is 0. The molecule has 0 spiro atoms. The van der Waals surface area contributed by atoms with Crippen LogP contribution in [-0.2, 0) is 15.6 Å². The highest BCUT2D eigenvalue weighted by Gasteiger charge is 2.34. The van der Waals surface area contributed by atoms with Gasteiger partial charge in [-0.1, -0.05) is 6.07 Å². The Balaban J connectivity index is 2.31. The Morgan fingerprint density at radius 2 is 2.16 bits per heavy atom. The lowest BCUT2D eigenvalue weighted by Crippen LogP contribution is -2.41. The van der Waals surface area contributed by atoms with Crippen molar-refractivity contribution in [2.45, 2.75) is 12.5 Å². The SMILES string of the molecule is CCS(=O)(=O)NCC(O)(c1ccsc1)c1cccs1. The predicted molar refractivity (Wildman–Crippen MR) is 79.1 cm³/mol. The van der Waals surface area contributed by atoms with E-state index in [1.807, 2.05) is 34.3 Å². The van der Waals surface area contributed by atoms with E-state index in [-0.39, 0.29) is 12.3 Å². The molecule has 0 radical (unpaired) electrons. The van der Waals surface area contributed by atoms with Crippen LogP contribution in [0.3, 0.4) is 0 Å². The molecule has 0 saturated heterocycles. The largest absolute Gasteiger partial charge is 0.378 e. The van der Waals surface area contributed by atoms with Crippen molar-refractivity contribution in [3.8, 4) is 0 Å². The fraction of sp³-hybridized carbons (Fsp3) is 0.333. The highest BCUT2D eigenvalue weighted by Crippen LogP contribution is 2.33. The van der Waals surface area contributed by atoms with Gasteiger partial charge in [-0.05, 0) is 35.2 Å². The summed E-state index contributed by atoms with van der Waals surface area (Å²) in [6.45, 7) is 1.51. The van der Waals surface area contributed by atoms with Crippen LogP contribution in [0.25, 0.3) is 0 Å². The predicted octanol–water partition coefficient (Wildman–Crippen LogP) is 1.98. The summed E-state index contributed by atoms with van der Waals surface area (Å²) >= 11 is 2.88. The minimum Gasteiger partial charge on any atom is -0.378 e. The third-order valence-electron chi connectivity index (χ3n) is 2.86. The van der Waals surface area contributed by atoms with Crippen LogP contribution in [-0.4, -0.2) is 25.8 Å². The Bertz CT molecular complexity index is 568. The second-order valence-electron chi connectivity index (χ2n) is 4.07. The number of nitrogens with one attached hydrogen (secondary N) is 1. The van der Waals surface area contributed by atoms with Crippen molar-refractivity contribution in [3.05, 3.63) is 44.8 Å². The molecule has 2 N–H and O–H groups in total. The van der Waals surface area contributed by atoms with Crippen LogP contribution in [0.4, 0.5) is 0 Å². The molecule has 0 aromatic carbocycles. The molecular weight excluding hydrogens is 302 g/mol. The maximum absolute atomic E-state index is 11.6. The van der Waals surface area contributed by atoms with Crippen molar-refractivity contribution in [3.63, 3.8) is 0 Å². The summed E-state index contributed by atoms with van der Waals surface area (Å²) < 4.78 is 25.6. The number of thiophene rings is 2. The topological polar surface area (TPSA) is 66.4 Å². The Morgan fingerprint density at radius 1 is 1.37 bits per heavy atom. The first-order valence-corrected chi connectivity index (χ1v) is 9.22. The molecule has 19 heavy (non-hydrogen) atoms. The van der Waals surface area contributed by atoms with Gasteiger partial charge in [0, 0.05) is 17.0 Å². The van der Waals surface area contributed by atoms with Crippen molar-refractivity contribution >= 4 is 32.7 Å². The molecule has 0 aliphatic carbocycles. The summed E-state index contributed by atoms with van der Waals surface area (Å²) in [5, 5.41) is 16.4. The first-order chi connectivity index (χ1) is 8.98. The summed E-state index contributed by atoms with van der Waals surface area (Å²) in [5.74, 6) is -0.00282. The molecule has 0 amide bonds. The number of rotatable bonds is 6. The quantitative estimate of drug-likeness (QED) is 0.856. The van der Waals surface area contributed by atoms with Gasteiger partial charge in [0.05, 0.1) is 5.75 Å². The molecule has 0 aliphatic heterocycles. The number of aliphatic hydroxyl groups is 1. The maximum Gasteiger partial charge on any atom is 0.211 e. The molecule has 0 saturated carbocycles. The monoisotopic (exact) mass is 317 g/mol. The first-order valence-electron chi connectivity index (χ1n) is 5.74. The molecule has 104 valence electrons. The average molecular weight is 317 g/mol. The van der Waals surface area contributed by atoms with Crippen LogP contribution in [0.15, 0.2) is 34.3 Å². The zero-order valence-electron chi connectivity index (χ0n) is 10.4. The minimum atomic E-state index is -3.34. The molecule has 0 fully saturated rings. The van der Waals surface area contributed by atoms with E-state index in [4.69, 9.17) is 0 Å². The van der Waals surface area contributed by atoms with Crippen molar-refractivity contribution < 1.29 is 13.5 Å². The Morgan fingerprint density at radius 3 is 2.68 bits per heavy atom. The molecule has 4 nitrogen and oxygen atoms in total. The second kappa shape index (κ2) is 5.72. The Kier molecular flexibility index (Phi) is 4.42. The lowest BCUT2D eigenvalue weighted by Gasteiger charge is -2.26. The standard InChI is InChI=1S/C12H15NO3S3/c1-2-19(15,16)13-9-12(14,10-5-7-17-8-10)11-4-3-6-18-11/h3-8,13-14H,2,9H2,1H3. The molecule has 7 heteroatoms. The van der Waals surface area contributed by atoms with Gasteiger partial charge in [0.2, 0.25) is 10.0 Å². The Hall–Kier alpha value is -0.730. The number of hydrogen-bond acceptors (Lipinski definition) is 5. The molecule has 1 unspecified atom stereocenters. The summed E-state index contributed by atoms with van der Waals surface area (Å²) in [7, 11) is -3.34. The number of hydrogen-bond donors (Lipinski definition) is 2. The summed E-state index contributed by atoms with van der Waals surface area (Å²) in [4.78, 5) is 0.727. The van der Waals surface area contributed by atoms with Gasteiger partial charge >= 0.3 is 0 Å². The van der Waals surface area contributed by atoms with Crippen LogP contribution < -0.4 is 4.72 Å². The first kappa shape index (κ1) is 14.7. The molecule has 2 heterocycles. The molecule has 2 rings (SSSR count). The normalized spacial score (nSPS) is 15.3. The van der Waals surface area contributed by atoms with Gasteiger partial charge in [-0.25, -0.2) is 13.1 Å². The molecule has 2 aromatic rings. The van der Waals surface area contributed by atoms with Gasteiger partial charge in [-0.3, -0.25) is 0 Å². The van der Waals surface area contributed by atoms with Crippen LogP contribution in [0.5, 0.6) is 0 Å². The van der Waals surface area contributed by atoms with Crippen molar-refractivity contribution in [2.24, 2.45) is 0 Å². The molecular formula is C12H15NO3S3. The van der Waals surface area contributed by atoms with Crippen molar-refractivity contribution in [1.29, 1.82) is 0 Å².